The van der Waals surface area contributed by atoms with Crippen LogP contribution >= 0.6 is 0 Å². The molecule has 1 N–H and O–H groups in total. The second-order valence-electron chi connectivity index (χ2n) is 6.87. The molecule has 1 unspecified atom stereocenters. The van der Waals surface area contributed by atoms with Crippen molar-refractivity contribution in [1.82, 2.24) is 10.2 Å². The number of amides is 2. The van der Waals surface area contributed by atoms with E-state index in [1.807, 2.05) is 4.90 Å². The maximum atomic E-state index is 12.5. The summed E-state index contributed by atoms with van der Waals surface area (Å²) in [5.41, 5.74) is 0. The summed E-state index contributed by atoms with van der Waals surface area (Å²) < 4.78 is 10.8. The fourth-order valence-corrected chi connectivity index (χ4v) is 3.73. The Labute approximate surface area is 137 Å². The van der Waals surface area contributed by atoms with Gasteiger partial charge in [0.25, 0.3) is 0 Å². The first kappa shape index (κ1) is 16.7. The standard InChI is InChI=1S/C17H28N2O4/c20-16(18-12-15-2-1-9-23-15)13-3-7-19(8-4-13)17(21)14-5-10-22-11-6-14/h13-15H,1-12H2,(H,18,20). The number of ether oxygens (including phenoxy) is 2. The Morgan fingerprint density at radius 1 is 0.957 bits per heavy atom. The average Bonchev–Trinajstić information content (AvgIpc) is 3.13. The Morgan fingerprint density at radius 2 is 1.70 bits per heavy atom. The summed E-state index contributed by atoms with van der Waals surface area (Å²) in [6.45, 7) is 4.23. The molecule has 3 aliphatic heterocycles. The molecule has 3 saturated heterocycles. The SMILES string of the molecule is O=C(NCC1CCCO1)C1CCN(C(=O)C2CCOCC2)CC1. The molecule has 0 aliphatic carbocycles. The van der Waals surface area contributed by atoms with Gasteiger partial charge in [-0.05, 0) is 38.5 Å². The molecule has 0 saturated carbocycles. The first-order valence-electron chi connectivity index (χ1n) is 9.00. The zero-order chi connectivity index (χ0) is 16.1. The van der Waals surface area contributed by atoms with Crippen molar-refractivity contribution in [3.05, 3.63) is 0 Å². The fourth-order valence-electron chi connectivity index (χ4n) is 3.73. The van der Waals surface area contributed by atoms with E-state index in [0.29, 0.717) is 32.8 Å². The van der Waals surface area contributed by atoms with E-state index in [2.05, 4.69) is 5.32 Å². The minimum Gasteiger partial charge on any atom is -0.381 e. The normalized spacial score (nSPS) is 27.1. The predicted molar refractivity (Wildman–Crippen MR) is 84.8 cm³/mol. The largest absolute Gasteiger partial charge is 0.381 e. The third-order valence-electron chi connectivity index (χ3n) is 5.28. The third kappa shape index (κ3) is 4.44. The molecule has 3 rings (SSSR count). The highest BCUT2D eigenvalue weighted by atomic mass is 16.5. The summed E-state index contributed by atoms with van der Waals surface area (Å²) in [6, 6.07) is 0. The van der Waals surface area contributed by atoms with Crippen molar-refractivity contribution in [2.24, 2.45) is 11.8 Å². The Morgan fingerprint density at radius 3 is 2.35 bits per heavy atom. The average molecular weight is 324 g/mol. The molecule has 1 atom stereocenters. The Kier molecular flexibility index (Phi) is 5.89. The van der Waals surface area contributed by atoms with E-state index in [1.165, 1.54) is 0 Å². The lowest BCUT2D eigenvalue weighted by molar-refractivity contribution is -0.141. The van der Waals surface area contributed by atoms with Crippen LogP contribution in [0.3, 0.4) is 0 Å². The molecule has 130 valence electrons. The second kappa shape index (κ2) is 8.11. The van der Waals surface area contributed by atoms with Crippen LogP contribution in [0.2, 0.25) is 0 Å². The Bertz CT molecular complexity index is 409. The molecular formula is C17H28N2O4. The molecule has 0 aromatic carbocycles. The Balaban J connectivity index is 1.38. The van der Waals surface area contributed by atoms with Crippen molar-refractivity contribution in [2.75, 3.05) is 39.5 Å². The lowest BCUT2D eigenvalue weighted by atomic mass is 9.93. The molecule has 3 heterocycles. The van der Waals surface area contributed by atoms with Crippen molar-refractivity contribution in [2.45, 2.75) is 44.6 Å². The van der Waals surface area contributed by atoms with Crippen molar-refractivity contribution < 1.29 is 19.1 Å². The third-order valence-corrected chi connectivity index (χ3v) is 5.28. The van der Waals surface area contributed by atoms with E-state index in [9.17, 15) is 9.59 Å². The summed E-state index contributed by atoms with van der Waals surface area (Å²) in [6.07, 6.45) is 5.53. The van der Waals surface area contributed by atoms with Gasteiger partial charge in [-0.3, -0.25) is 9.59 Å². The monoisotopic (exact) mass is 324 g/mol. The highest BCUT2D eigenvalue weighted by Gasteiger charge is 2.31. The summed E-state index contributed by atoms with van der Waals surface area (Å²) in [4.78, 5) is 26.7. The molecule has 3 aliphatic rings. The van der Waals surface area contributed by atoms with Gasteiger partial charge in [-0.1, -0.05) is 0 Å². The van der Waals surface area contributed by atoms with Crippen molar-refractivity contribution in [1.29, 1.82) is 0 Å². The quantitative estimate of drug-likeness (QED) is 0.836. The van der Waals surface area contributed by atoms with Gasteiger partial charge in [0.15, 0.2) is 0 Å². The number of piperidine rings is 1. The van der Waals surface area contributed by atoms with Gasteiger partial charge in [-0.25, -0.2) is 0 Å². The maximum absolute atomic E-state index is 12.5. The zero-order valence-electron chi connectivity index (χ0n) is 13.8. The number of hydrogen-bond acceptors (Lipinski definition) is 4. The van der Waals surface area contributed by atoms with Gasteiger partial charge in [0.2, 0.25) is 11.8 Å². The van der Waals surface area contributed by atoms with Gasteiger partial charge >= 0.3 is 0 Å². The van der Waals surface area contributed by atoms with Gasteiger partial charge in [-0.15, -0.1) is 0 Å². The Hall–Kier alpha value is -1.14. The highest BCUT2D eigenvalue weighted by molar-refractivity contribution is 5.81. The lowest BCUT2D eigenvalue weighted by Gasteiger charge is -2.34. The molecule has 0 aromatic heterocycles. The highest BCUT2D eigenvalue weighted by Crippen LogP contribution is 2.23. The van der Waals surface area contributed by atoms with Crippen LogP contribution in [0.15, 0.2) is 0 Å². The van der Waals surface area contributed by atoms with Crippen LogP contribution in [-0.2, 0) is 19.1 Å². The van der Waals surface area contributed by atoms with Crippen LogP contribution in [-0.4, -0.2) is 62.3 Å². The molecule has 6 nitrogen and oxygen atoms in total. The van der Waals surface area contributed by atoms with E-state index < -0.39 is 0 Å². The molecule has 0 aromatic rings. The van der Waals surface area contributed by atoms with Crippen molar-refractivity contribution in [3.63, 3.8) is 0 Å². The van der Waals surface area contributed by atoms with E-state index in [4.69, 9.17) is 9.47 Å². The molecule has 0 radical (unpaired) electrons. The summed E-state index contributed by atoms with van der Waals surface area (Å²) in [7, 11) is 0. The summed E-state index contributed by atoms with van der Waals surface area (Å²) in [5, 5.41) is 3.02. The van der Waals surface area contributed by atoms with Crippen LogP contribution in [0, 0.1) is 11.8 Å². The minimum atomic E-state index is 0.0372. The first-order valence-corrected chi connectivity index (χ1v) is 9.00. The van der Waals surface area contributed by atoms with Crippen LogP contribution in [0.1, 0.15) is 38.5 Å². The molecule has 3 fully saturated rings. The van der Waals surface area contributed by atoms with E-state index in [0.717, 1.165) is 45.1 Å². The summed E-state index contributed by atoms with van der Waals surface area (Å²) in [5.74, 6) is 0.536. The zero-order valence-corrected chi connectivity index (χ0v) is 13.8. The number of carbonyl (C=O) groups is 2. The van der Waals surface area contributed by atoms with Crippen molar-refractivity contribution >= 4 is 11.8 Å². The van der Waals surface area contributed by atoms with Gasteiger partial charge in [0.05, 0.1) is 6.10 Å². The topological polar surface area (TPSA) is 67.9 Å². The minimum absolute atomic E-state index is 0.0372. The first-order chi connectivity index (χ1) is 11.2. The number of nitrogens with zero attached hydrogens (tertiary/aromatic N) is 1. The number of rotatable bonds is 4. The smallest absolute Gasteiger partial charge is 0.225 e. The van der Waals surface area contributed by atoms with Gasteiger partial charge in [0, 0.05) is 51.3 Å². The molecule has 6 heteroatoms. The van der Waals surface area contributed by atoms with Gasteiger partial charge in [-0.2, -0.15) is 0 Å². The van der Waals surface area contributed by atoms with Gasteiger partial charge < -0.3 is 19.7 Å². The molecular weight excluding hydrogens is 296 g/mol. The predicted octanol–water partition coefficient (Wildman–Crippen LogP) is 0.947. The van der Waals surface area contributed by atoms with Crippen LogP contribution in [0.25, 0.3) is 0 Å². The fraction of sp³-hybridized carbons (Fsp3) is 0.882. The number of likely N-dealkylation sites (tertiary alicyclic amines) is 1. The summed E-state index contributed by atoms with van der Waals surface area (Å²) >= 11 is 0. The second-order valence-corrected chi connectivity index (χ2v) is 6.87. The molecule has 0 spiro atoms. The number of carbonyl (C=O) groups excluding carboxylic acids is 2. The van der Waals surface area contributed by atoms with E-state index in [-0.39, 0.29) is 29.8 Å². The number of hydrogen-bond donors (Lipinski definition) is 1. The van der Waals surface area contributed by atoms with Gasteiger partial charge in [0.1, 0.15) is 0 Å². The lowest BCUT2D eigenvalue weighted by Crippen LogP contribution is -2.46. The molecule has 0 bridgehead atoms. The van der Waals surface area contributed by atoms with Crippen LogP contribution in [0.4, 0.5) is 0 Å². The van der Waals surface area contributed by atoms with Crippen LogP contribution in [0.5, 0.6) is 0 Å². The van der Waals surface area contributed by atoms with Crippen molar-refractivity contribution in [3.8, 4) is 0 Å². The van der Waals surface area contributed by atoms with Crippen LogP contribution < -0.4 is 5.32 Å². The molecule has 23 heavy (non-hydrogen) atoms. The maximum Gasteiger partial charge on any atom is 0.225 e. The van der Waals surface area contributed by atoms with E-state index in [1.54, 1.807) is 0 Å². The number of nitrogens with one attached hydrogen (secondary N) is 1. The van der Waals surface area contributed by atoms with E-state index >= 15 is 0 Å². The molecule has 2 amide bonds.